The fourth-order valence-electron chi connectivity index (χ4n) is 1.55. The van der Waals surface area contributed by atoms with Crippen molar-refractivity contribution in [1.29, 1.82) is 0 Å². The Morgan fingerprint density at radius 1 is 1.14 bits per heavy atom. The molecule has 0 fully saturated rings. The molecule has 0 spiro atoms. The quantitative estimate of drug-likeness (QED) is 0.616. The van der Waals surface area contributed by atoms with Crippen molar-refractivity contribution in [3.8, 4) is 5.75 Å². The molecule has 0 saturated carbocycles. The van der Waals surface area contributed by atoms with E-state index in [1.807, 2.05) is 0 Å². The SMILES string of the molecule is CC(CCOc1c(F)c(F)cc(F)c1F)CCS(N)(=O)=O. The van der Waals surface area contributed by atoms with E-state index < -0.39 is 39.0 Å². The Morgan fingerprint density at radius 3 is 2.14 bits per heavy atom. The lowest BCUT2D eigenvalue weighted by Gasteiger charge is -2.13. The second-order valence-corrected chi connectivity index (χ2v) is 6.43. The molecule has 0 bridgehead atoms. The van der Waals surface area contributed by atoms with Crippen molar-refractivity contribution in [3.05, 3.63) is 29.3 Å². The molecule has 0 aliphatic heterocycles. The highest BCUT2D eigenvalue weighted by Crippen LogP contribution is 2.26. The van der Waals surface area contributed by atoms with Crippen LogP contribution in [0.25, 0.3) is 0 Å². The largest absolute Gasteiger partial charge is 0.487 e. The molecule has 4 nitrogen and oxygen atoms in total. The number of primary sulfonamides is 1. The molecule has 2 N–H and O–H groups in total. The van der Waals surface area contributed by atoms with Crippen molar-refractivity contribution in [1.82, 2.24) is 0 Å². The molecule has 21 heavy (non-hydrogen) atoms. The molecule has 1 unspecified atom stereocenters. The van der Waals surface area contributed by atoms with E-state index in [9.17, 15) is 26.0 Å². The summed E-state index contributed by atoms with van der Waals surface area (Å²) in [5.41, 5.74) is 0. The van der Waals surface area contributed by atoms with Crippen molar-refractivity contribution < 1.29 is 30.7 Å². The molecular weight excluding hydrogens is 314 g/mol. The molecule has 0 aliphatic carbocycles. The highest BCUT2D eigenvalue weighted by molar-refractivity contribution is 7.89. The normalized spacial score (nSPS) is 13.2. The summed E-state index contributed by atoms with van der Waals surface area (Å²) in [5.74, 6) is -7.82. The summed E-state index contributed by atoms with van der Waals surface area (Å²) in [6, 6.07) is 0.0895. The zero-order valence-corrected chi connectivity index (χ0v) is 12.0. The molecule has 0 amide bonds. The van der Waals surface area contributed by atoms with Gasteiger partial charge in [-0.15, -0.1) is 0 Å². The standard InChI is InChI=1S/C12H15F4NO3S/c1-7(3-5-21(17,18)19)2-4-20-12-10(15)8(13)6-9(14)11(12)16/h6-7H,2-5H2,1H3,(H2,17,18,19). The van der Waals surface area contributed by atoms with Crippen molar-refractivity contribution in [2.24, 2.45) is 11.1 Å². The summed E-state index contributed by atoms with van der Waals surface area (Å²) in [4.78, 5) is 0. The molecule has 0 aliphatic rings. The van der Waals surface area contributed by atoms with Crippen LogP contribution in [0.4, 0.5) is 17.6 Å². The topological polar surface area (TPSA) is 69.4 Å². The number of rotatable bonds is 7. The second kappa shape index (κ2) is 7.08. The van der Waals surface area contributed by atoms with Crippen molar-refractivity contribution in [2.75, 3.05) is 12.4 Å². The molecule has 0 saturated heterocycles. The molecule has 1 rings (SSSR count). The van der Waals surface area contributed by atoms with Gasteiger partial charge in [-0.1, -0.05) is 6.92 Å². The third-order valence-corrected chi connectivity index (χ3v) is 3.63. The first-order valence-corrected chi connectivity index (χ1v) is 7.79. The van der Waals surface area contributed by atoms with Gasteiger partial charge >= 0.3 is 0 Å². The van der Waals surface area contributed by atoms with Gasteiger partial charge in [0.25, 0.3) is 0 Å². The van der Waals surface area contributed by atoms with E-state index in [0.29, 0.717) is 0 Å². The third-order valence-electron chi connectivity index (χ3n) is 2.82. The lowest BCUT2D eigenvalue weighted by atomic mass is 10.1. The van der Waals surface area contributed by atoms with Crippen LogP contribution >= 0.6 is 0 Å². The lowest BCUT2D eigenvalue weighted by Crippen LogP contribution is -2.19. The fourth-order valence-corrected chi connectivity index (χ4v) is 2.28. The van der Waals surface area contributed by atoms with E-state index in [4.69, 9.17) is 9.88 Å². The summed E-state index contributed by atoms with van der Waals surface area (Å²) in [7, 11) is -3.58. The maximum absolute atomic E-state index is 13.3. The van der Waals surface area contributed by atoms with Crippen molar-refractivity contribution in [3.63, 3.8) is 0 Å². The molecule has 1 atom stereocenters. The Hall–Kier alpha value is -1.35. The number of halogens is 4. The number of sulfonamides is 1. The van der Waals surface area contributed by atoms with Gasteiger partial charge < -0.3 is 4.74 Å². The van der Waals surface area contributed by atoms with Gasteiger partial charge in [-0.2, -0.15) is 8.78 Å². The van der Waals surface area contributed by atoms with Gasteiger partial charge in [0.15, 0.2) is 17.4 Å². The summed E-state index contributed by atoms with van der Waals surface area (Å²) in [6.45, 7) is 1.47. The molecule has 0 aromatic heterocycles. The van der Waals surface area contributed by atoms with Gasteiger partial charge in [-0.25, -0.2) is 22.3 Å². The monoisotopic (exact) mass is 329 g/mol. The predicted molar refractivity (Wildman–Crippen MR) is 68.1 cm³/mol. The summed E-state index contributed by atoms with van der Waals surface area (Å²) < 4.78 is 78.6. The van der Waals surface area contributed by atoms with Gasteiger partial charge in [0, 0.05) is 6.07 Å². The van der Waals surface area contributed by atoms with Crippen LogP contribution in [0.2, 0.25) is 0 Å². The summed E-state index contributed by atoms with van der Waals surface area (Å²) >= 11 is 0. The van der Waals surface area contributed by atoms with E-state index >= 15 is 0 Å². The van der Waals surface area contributed by atoms with E-state index in [1.165, 1.54) is 0 Å². The Morgan fingerprint density at radius 2 is 1.67 bits per heavy atom. The average molecular weight is 329 g/mol. The zero-order valence-electron chi connectivity index (χ0n) is 11.2. The van der Waals surface area contributed by atoms with Crippen molar-refractivity contribution >= 4 is 10.0 Å². The minimum Gasteiger partial charge on any atom is -0.487 e. The number of benzene rings is 1. The van der Waals surface area contributed by atoms with E-state index in [0.717, 1.165) is 0 Å². The second-order valence-electron chi connectivity index (χ2n) is 4.70. The van der Waals surface area contributed by atoms with Crippen LogP contribution in [0, 0.1) is 29.2 Å². The summed E-state index contributed by atoms with van der Waals surface area (Å²) in [6.07, 6.45) is 0.483. The number of hydrogen-bond donors (Lipinski definition) is 1. The third kappa shape index (κ3) is 5.50. The highest BCUT2D eigenvalue weighted by atomic mass is 32.2. The molecule has 1 aromatic rings. The van der Waals surface area contributed by atoms with Gasteiger partial charge in [0.1, 0.15) is 0 Å². The fraction of sp³-hybridized carbons (Fsp3) is 0.500. The highest BCUT2D eigenvalue weighted by Gasteiger charge is 2.20. The van der Waals surface area contributed by atoms with Gasteiger partial charge in [0.2, 0.25) is 21.7 Å². The Balaban J connectivity index is 2.57. The molecular formula is C12H15F4NO3S. The van der Waals surface area contributed by atoms with Gasteiger partial charge in [-0.3, -0.25) is 0 Å². The van der Waals surface area contributed by atoms with Crippen molar-refractivity contribution in [2.45, 2.75) is 19.8 Å². The van der Waals surface area contributed by atoms with Gasteiger partial charge in [-0.05, 0) is 18.8 Å². The summed E-state index contributed by atoms with van der Waals surface area (Å²) in [5, 5.41) is 4.83. The van der Waals surface area contributed by atoms with Crippen LogP contribution in [0.5, 0.6) is 5.75 Å². The Labute approximate surface area is 119 Å². The molecule has 0 heterocycles. The van der Waals surface area contributed by atoms with E-state index in [1.54, 1.807) is 6.92 Å². The maximum atomic E-state index is 13.3. The van der Waals surface area contributed by atoms with E-state index in [2.05, 4.69) is 0 Å². The minimum atomic E-state index is -3.58. The van der Waals surface area contributed by atoms with Crippen LogP contribution < -0.4 is 9.88 Å². The van der Waals surface area contributed by atoms with Gasteiger partial charge in [0.05, 0.1) is 12.4 Å². The number of hydrogen-bond acceptors (Lipinski definition) is 3. The first-order chi connectivity index (χ1) is 9.61. The molecule has 120 valence electrons. The van der Waals surface area contributed by atoms with Crippen LogP contribution in [0.1, 0.15) is 19.8 Å². The van der Waals surface area contributed by atoms with Crippen LogP contribution in [-0.4, -0.2) is 20.8 Å². The number of nitrogens with two attached hydrogens (primary N) is 1. The zero-order chi connectivity index (χ0) is 16.2. The lowest BCUT2D eigenvalue weighted by molar-refractivity contribution is 0.248. The first kappa shape index (κ1) is 17.7. The average Bonchev–Trinajstić information content (AvgIpc) is 2.37. The first-order valence-electron chi connectivity index (χ1n) is 6.08. The smallest absolute Gasteiger partial charge is 0.209 e. The van der Waals surface area contributed by atoms with E-state index in [-0.39, 0.29) is 37.2 Å². The molecule has 9 heteroatoms. The number of ether oxygens (including phenoxy) is 1. The van der Waals surface area contributed by atoms with Crippen LogP contribution in [0.3, 0.4) is 0 Å². The molecule has 1 aromatic carbocycles. The predicted octanol–water partition coefficient (Wildman–Crippen LogP) is 2.33. The minimum absolute atomic E-state index is 0.0895. The van der Waals surface area contributed by atoms with Crippen LogP contribution in [0.15, 0.2) is 6.07 Å². The Bertz CT molecular complexity index is 581. The van der Waals surface area contributed by atoms with Crippen LogP contribution in [-0.2, 0) is 10.0 Å². The Kier molecular flexibility index (Phi) is 5.97. The maximum Gasteiger partial charge on any atom is 0.209 e. The molecule has 0 radical (unpaired) electrons.